The summed E-state index contributed by atoms with van der Waals surface area (Å²) in [6.45, 7) is 8.62. The van der Waals surface area contributed by atoms with E-state index in [1.807, 2.05) is 31.2 Å². The van der Waals surface area contributed by atoms with Gasteiger partial charge in [0.25, 0.3) is 11.8 Å². The first-order valence-corrected chi connectivity index (χ1v) is 10.2. The van der Waals surface area contributed by atoms with E-state index in [1.54, 1.807) is 30.5 Å². The highest BCUT2D eigenvalue weighted by Gasteiger charge is 2.08. The first-order valence-electron chi connectivity index (χ1n) is 10.2. The summed E-state index contributed by atoms with van der Waals surface area (Å²) in [5.74, 6) is -0.0176. The molecule has 0 radical (unpaired) electrons. The summed E-state index contributed by atoms with van der Waals surface area (Å²) in [7, 11) is 0. The highest BCUT2D eigenvalue weighted by molar-refractivity contribution is 5.96. The van der Waals surface area contributed by atoms with Crippen LogP contribution in [-0.2, 0) is 4.79 Å². The maximum absolute atomic E-state index is 12.1. The molecule has 0 bridgehead atoms. The van der Waals surface area contributed by atoms with Gasteiger partial charge in [-0.05, 0) is 62.2 Å². The Labute approximate surface area is 178 Å². The summed E-state index contributed by atoms with van der Waals surface area (Å²) in [4.78, 5) is 26.3. The van der Waals surface area contributed by atoms with Crippen LogP contribution in [0.25, 0.3) is 0 Å². The second kappa shape index (κ2) is 12.3. The average Bonchev–Trinajstić information content (AvgIpc) is 2.78. The zero-order valence-corrected chi connectivity index (χ0v) is 17.9. The number of rotatable bonds is 11. The summed E-state index contributed by atoms with van der Waals surface area (Å²) in [6, 6.07) is 14.7. The van der Waals surface area contributed by atoms with Crippen LogP contribution in [0.1, 0.15) is 43.1 Å². The van der Waals surface area contributed by atoms with E-state index in [1.165, 1.54) is 0 Å². The summed E-state index contributed by atoms with van der Waals surface area (Å²) in [5, 5.41) is 6.51. The van der Waals surface area contributed by atoms with Crippen molar-refractivity contribution < 1.29 is 14.3 Å². The number of carbonyl (C=O) groups excluding carboxylic acids is 2. The molecule has 0 aliphatic rings. The Hall–Kier alpha value is -3.35. The highest BCUT2D eigenvalue weighted by atomic mass is 16.5. The first-order chi connectivity index (χ1) is 14.6. The average molecular weight is 411 g/mol. The topological polar surface area (TPSA) is 83.0 Å². The van der Waals surface area contributed by atoms with Gasteiger partial charge in [0.05, 0.1) is 19.4 Å². The SMILES string of the molecule is CCCOc1ccc(C(=O)NCC(=O)N/N=C/c2ccc(N(CC)CC)cc2)cc1. The van der Waals surface area contributed by atoms with E-state index in [-0.39, 0.29) is 12.5 Å². The third-order valence-electron chi connectivity index (χ3n) is 4.42. The molecule has 0 saturated carbocycles. The molecule has 0 saturated heterocycles. The molecule has 0 aliphatic carbocycles. The van der Waals surface area contributed by atoms with E-state index in [4.69, 9.17) is 4.74 Å². The van der Waals surface area contributed by atoms with Gasteiger partial charge in [-0.25, -0.2) is 5.43 Å². The molecule has 0 spiro atoms. The number of hydrogen-bond donors (Lipinski definition) is 2. The van der Waals surface area contributed by atoms with Crippen LogP contribution in [0.4, 0.5) is 5.69 Å². The van der Waals surface area contributed by atoms with E-state index in [2.05, 4.69) is 34.6 Å². The Morgan fingerprint density at radius 3 is 2.27 bits per heavy atom. The molecule has 0 atom stereocenters. The van der Waals surface area contributed by atoms with Crippen LogP contribution in [0.15, 0.2) is 53.6 Å². The van der Waals surface area contributed by atoms with Gasteiger partial charge in [-0.15, -0.1) is 0 Å². The van der Waals surface area contributed by atoms with Gasteiger partial charge >= 0.3 is 0 Å². The van der Waals surface area contributed by atoms with Crippen LogP contribution in [0.5, 0.6) is 5.75 Å². The van der Waals surface area contributed by atoms with E-state index in [9.17, 15) is 9.59 Å². The molecule has 7 nitrogen and oxygen atoms in total. The number of amides is 2. The molecule has 160 valence electrons. The number of nitrogens with zero attached hydrogens (tertiary/aromatic N) is 2. The van der Waals surface area contributed by atoms with Gasteiger partial charge in [0.15, 0.2) is 0 Å². The predicted molar refractivity (Wildman–Crippen MR) is 120 cm³/mol. The van der Waals surface area contributed by atoms with Crippen LogP contribution < -0.4 is 20.4 Å². The molecule has 0 fully saturated rings. The number of anilines is 1. The van der Waals surface area contributed by atoms with E-state index >= 15 is 0 Å². The normalized spacial score (nSPS) is 10.6. The van der Waals surface area contributed by atoms with Gasteiger partial charge in [0, 0.05) is 24.3 Å². The first kappa shape index (κ1) is 22.9. The van der Waals surface area contributed by atoms with Crippen molar-refractivity contribution in [1.29, 1.82) is 0 Å². The lowest BCUT2D eigenvalue weighted by molar-refractivity contribution is -0.120. The number of hydrogen-bond acceptors (Lipinski definition) is 5. The summed E-state index contributed by atoms with van der Waals surface area (Å²) in [6.07, 6.45) is 2.49. The Morgan fingerprint density at radius 1 is 1.00 bits per heavy atom. The van der Waals surface area contributed by atoms with E-state index < -0.39 is 5.91 Å². The van der Waals surface area contributed by atoms with Gasteiger partial charge in [-0.3, -0.25) is 9.59 Å². The van der Waals surface area contributed by atoms with Gasteiger partial charge in [0.2, 0.25) is 0 Å². The number of nitrogens with one attached hydrogen (secondary N) is 2. The molecule has 2 aromatic carbocycles. The van der Waals surface area contributed by atoms with Gasteiger partial charge in [-0.1, -0.05) is 19.1 Å². The lowest BCUT2D eigenvalue weighted by atomic mass is 10.2. The quantitative estimate of drug-likeness (QED) is 0.440. The zero-order valence-electron chi connectivity index (χ0n) is 17.9. The monoisotopic (exact) mass is 410 g/mol. The fourth-order valence-electron chi connectivity index (χ4n) is 2.76. The fourth-order valence-corrected chi connectivity index (χ4v) is 2.76. The van der Waals surface area contributed by atoms with Crippen LogP contribution in [0.3, 0.4) is 0 Å². The van der Waals surface area contributed by atoms with Gasteiger partial charge < -0.3 is 15.0 Å². The molecule has 7 heteroatoms. The lowest BCUT2D eigenvalue weighted by Crippen LogP contribution is -2.34. The molecule has 0 unspecified atom stereocenters. The third-order valence-corrected chi connectivity index (χ3v) is 4.42. The highest BCUT2D eigenvalue weighted by Crippen LogP contribution is 2.14. The Bertz CT molecular complexity index is 829. The van der Waals surface area contributed by atoms with Crippen molar-refractivity contribution in [2.45, 2.75) is 27.2 Å². The molecule has 2 rings (SSSR count). The van der Waals surface area contributed by atoms with Crippen molar-refractivity contribution in [1.82, 2.24) is 10.7 Å². The largest absolute Gasteiger partial charge is 0.494 e. The molecule has 2 N–H and O–H groups in total. The minimum absolute atomic E-state index is 0.162. The number of benzene rings is 2. The van der Waals surface area contributed by atoms with Crippen molar-refractivity contribution in [3.8, 4) is 5.75 Å². The molecule has 2 amide bonds. The lowest BCUT2D eigenvalue weighted by Gasteiger charge is -2.20. The minimum Gasteiger partial charge on any atom is -0.494 e. The Kier molecular flexibility index (Phi) is 9.37. The van der Waals surface area contributed by atoms with Crippen LogP contribution in [0.2, 0.25) is 0 Å². The third kappa shape index (κ3) is 7.24. The number of ether oxygens (including phenoxy) is 1. The number of carbonyl (C=O) groups is 2. The van der Waals surface area contributed by atoms with Crippen molar-refractivity contribution in [2.75, 3.05) is 31.1 Å². The van der Waals surface area contributed by atoms with Gasteiger partial charge in [-0.2, -0.15) is 5.10 Å². The standard InChI is InChI=1S/C23H30N4O3/c1-4-15-30-21-13-9-19(10-14-21)23(29)24-17-22(28)26-25-16-18-7-11-20(12-8-18)27(5-2)6-3/h7-14,16H,4-6,15,17H2,1-3H3,(H,24,29)(H,26,28)/b25-16+. The van der Waals surface area contributed by atoms with Crippen LogP contribution in [-0.4, -0.2) is 44.3 Å². The molecule has 2 aromatic rings. The molecule has 0 aromatic heterocycles. The molecular weight excluding hydrogens is 380 g/mol. The number of hydrazone groups is 1. The molecule has 30 heavy (non-hydrogen) atoms. The summed E-state index contributed by atoms with van der Waals surface area (Å²) < 4.78 is 5.48. The summed E-state index contributed by atoms with van der Waals surface area (Å²) >= 11 is 0. The second-order valence-corrected chi connectivity index (χ2v) is 6.61. The zero-order chi connectivity index (χ0) is 21.8. The minimum atomic E-state index is -0.401. The molecular formula is C23H30N4O3. The molecule has 0 aliphatic heterocycles. The fraction of sp³-hybridized carbons (Fsp3) is 0.348. The maximum atomic E-state index is 12.1. The van der Waals surface area contributed by atoms with Crippen LogP contribution in [0, 0.1) is 0 Å². The second-order valence-electron chi connectivity index (χ2n) is 6.61. The molecule has 0 heterocycles. The van der Waals surface area contributed by atoms with Crippen molar-refractivity contribution in [3.63, 3.8) is 0 Å². The predicted octanol–water partition coefficient (Wildman–Crippen LogP) is 3.20. The summed E-state index contributed by atoms with van der Waals surface area (Å²) in [5.41, 5.74) is 4.90. The van der Waals surface area contributed by atoms with E-state index in [0.717, 1.165) is 30.8 Å². The smallest absolute Gasteiger partial charge is 0.259 e. The Balaban J connectivity index is 1.77. The van der Waals surface area contributed by atoms with Crippen LogP contribution >= 0.6 is 0 Å². The maximum Gasteiger partial charge on any atom is 0.259 e. The van der Waals surface area contributed by atoms with Gasteiger partial charge in [0.1, 0.15) is 5.75 Å². The van der Waals surface area contributed by atoms with Crippen molar-refractivity contribution >= 4 is 23.7 Å². The van der Waals surface area contributed by atoms with Crippen molar-refractivity contribution in [2.24, 2.45) is 5.10 Å². The van der Waals surface area contributed by atoms with Crippen molar-refractivity contribution in [3.05, 3.63) is 59.7 Å². The van der Waals surface area contributed by atoms with E-state index in [0.29, 0.717) is 17.9 Å². The Morgan fingerprint density at radius 2 is 1.67 bits per heavy atom.